The first-order valence-electron chi connectivity index (χ1n) is 6.10. The third-order valence-corrected chi connectivity index (χ3v) is 4.20. The van der Waals surface area contributed by atoms with Gasteiger partial charge in [-0.1, -0.05) is 6.92 Å². The molecule has 3 rings (SSSR count). The molecular weight excluding hydrogens is 242 g/mol. The summed E-state index contributed by atoms with van der Waals surface area (Å²) in [6.07, 6.45) is 2.96. The van der Waals surface area contributed by atoms with Crippen LogP contribution in [0.5, 0.6) is 0 Å². The number of benzene rings is 1. The van der Waals surface area contributed by atoms with Gasteiger partial charge in [-0.25, -0.2) is 0 Å². The number of aromatic nitrogens is 2. The molecule has 0 aliphatic carbocycles. The minimum atomic E-state index is 0.879. The number of aryl methyl sites for hydroxylation is 1. The topological polar surface area (TPSA) is 40.7 Å². The molecule has 0 spiro atoms. The van der Waals surface area contributed by atoms with E-state index in [-0.39, 0.29) is 0 Å². The first-order chi connectivity index (χ1) is 8.85. The summed E-state index contributed by atoms with van der Waals surface area (Å²) in [7, 11) is 0. The second-order valence-electron chi connectivity index (χ2n) is 4.25. The van der Waals surface area contributed by atoms with Crippen LogP contribution in [0.15, 0.2) is 36.5 Å². The van der Waals surface area contributed by atoms with Crippen molar-refractivity contribution >= 4 is 27.9 Å². The highest BCUT2D eigenvalue weighted by Crippen LogP contribution is 2.20. The number of H-pyrrole nitrogens is 1. The Labute approximate surface area is 110 Å². The van der Waals surface area contributed by atoms with Crippen molar-refractivity contribution in [2.45, 2.75) is 19.9 Å². The van der Waals surface area contributed by atoms with E-state index >= 15 is 0 Å². The molecule has 3 aromatic rings. The molecule has 0 unspecified atom stereocenters. The molecule has 2 N–H and O–H groups in total. The van der Waals surface area contributed by atoms with Gasteiger partial charge >= 0.3 is 0 Å². The van der Waals surface area contributed by atoms with Gasteiger partial charge in [0.05, 0.1) is 11.7 Å². The van der Waals surface area contributed by atoms with Crippen molar-refractivity contribution in [1.29, 1.82) is 0 Å². The van der Waals surface area contributed by atoms with Crippen molar-refractivity contribution in [2.24, 2.45) is 0 Å². The molecule has 92 valence electrons. The van der Waals surface area contributed by atoms with Crippen molar-refractivity contribution in [3.63, 3.8) is 0 Å². The molecule has 0 amide bonds. The fourth-order valence-corrected chi connectivity index (χ4v) is 2.84. The zero-order valence-corrected chi connectivity index (χ0v) is 11.1. The molecule has 3 nitrogen and oxygen atoms in total. The van der Waals surface area contributed by atoms with Crippen LogP contribution in [-0.2, 0) is 13.0 Å². The number of nitrogens with one attached hydrogen (secondary N) is 2. The molecule has 1 aromatic carbocycles. The molecule has 0 atom stereocenters. The first-order valence-corrected chi connectivity index (χ1v) is 6.91. The fraction of sp³-hybridized carbons (Fsp3) is 0.214. The third kappa shape index (κ3) is 2.24. The van der Waals surface area contributed by atoms with E-state index in [1.807, 2.05) is 17.5 Å². The lowest BCUT2D eigenvalue weighted by Crippen LogP contribution is -1.96. The maximum atomic E-state index is 4.02. The van der Waals surface area contributed by atoms with Gasteiger partial charge in [0.1, 0.15) is 0 Å². The van der Waals surface area contributed by atoms with Crippen LogP contribution in [-0.4, -0.2) is 10.2 Å². The van der Waals surface area contributed by atoms with Crippen molar-refractivity contribution in [1.82, 2.24) is 10.2 Å². The van der Waals surface area contributed by atoms with Gasteiger partial charge in [-0.2, -0.15) is 5.10 Å². The van der Waals surface area contributed by atoms with Crippen molar-refractivity contribution < 1.29 is 0 Å². The number of fused-ring (bicyclic) bond motifs is 1. The van der Waals surface area contributed by atoms with Gasteiger partial charge in [-0.15, -0.1) is 11.3 Å². The maximum Gasteiger partial charge on any atom is 0.0670 e. The fourth-order valence-electron chi connectivity index (χ4n) is 1.94. The number of rotatable bonds is 4. The monoisotopic (exact) mass is 257 g/mol. The Bertz CT molecular complexity index is 654. The summed E-state index contributed by atoms with van der Waals surface area (Å²) in [5.41, 5.74) is 2.19. The van der Waals surface area contributed by atoms with Crippen LogP contribution in [0.3, 0.4) is 0 Å². The van der Waals surface area contributed by atoms with Crippen molar-refractivity contribution in [2.75, 3.05) is 5.32 Å². The molecule has 18 heavy (non-hydrogen) atoms. The van der Waals surface area contributed by atoms with E-state index < -0.39 is 0 Å². The van der Waals surface area contributed by atoms with E-state index in [1.165, 1.54) is 9.75 Å². The normalized spacial score (nSPS) is 10.9. The van der Waals surface area contributed by atoms with Gasteiger partial charge in [0.15, 0.2) is 0 Å². The molecule has 0 bridgehead atoms. The Hall–Kier alpha value is -1.81. The maximum absolute atomic E-state index is 4.02. The van der Waals surface area contributed by atoms with Crippen LogP contribution >= 0.6 is 11.3 Å². The minimum Gasteiger partial charge on any atom is -0.380 e. The number of nitrogens with zero attached hydrogens (tertiary/aromatic N) is 1. The third-order valence-electron chi connectivity index (χ3n) is 2.97. The average Bonchev–Trinajstić information content (AvgIpc) is 3.04. The highest BCUT2D eigenvalue weighted by atomic mass is 32.1. The Balaban J connectivity index is 1.72. The zero-order valence-electron chi connectivity index (χ0n) is 10.2. The Kier molecular flexibility index (Phi) is 3.02. The highest BCUT2D eigenvalue weighted by molar-refractivity contribution is 7.12. The summed E-state index contributed by atoms with van der Waals surface area (Å²) in [5, 5.41) is 11.6. The second-order valence-corrected chi connectivity index (χ2v) is 5.50. The van der Waals surface area contributed by atoms with Gasteiger partial charge < -0.3 is 5.32 Å². The van der Waals surface area contributed by atoms with Gasteiger partial charge in [0.25, 0.3) is 0 Å². The molecule has 2 aromatic heterocycles. The second kappa shape index (κ2) is 4.82. The quantitative estimate of drug-likeness (QED) is 0.746. The molecular formula is C14H15N3S. The van der Waals surface area contributed by atoms with Crippen LogP contribution in [0.1, 0.15) is 16.7 Å². The number of hydrogen-bond donors (Lipinski definition) is 2. The number of anilines is 1. The van der Waals surface area contributed by atoms with Gasteiger partial charge in [-0.3, -0.25) is 5.10 Å². The summed E-state index contributed by atoms with van der Waals surface area (Å²) >= 11 is 1.87. The van der Waals surface area contributed by atoms with Crippen LogP contribution in [0, 0.1) is 0 Å². The van der Waals surface area contributed by atoms with Gasteiger partial charge in [0.2, 0.25) is 0 Å². The van der Waals surface area contributed by atoms with Gasteiger partial charge in [-0.05, 0) is 36.8 Å². The van der Waals surface area contributed by atoms with Crippen molar-refractivity contribution in [3.8, 4) is 0 Å². The zero-order chi connectivity index (χ0) is 12.4. The lowest BCUT2D eigenvalue weighted by Gasteiger charge is -2.04. The number of thiophene rings is 1. The smallest absolute Gasteiger partial charge is 0.0670 e. The van der Waals surface area contributed by atoms with E-state index in [9.17, 15) is 0 Å². The SMILES string of the molecule is CCc1ccc(CNc2ccc3cn[nH]c3c2)s1. The number of aromatic amines is 1. The molecule has 0 radical (unpaired) electrons. The number of hydrogen-bond acceptors (Lipinski definition) is 3. The first kappa shape index (κ1) is 11.3. The predicted octanol–water partition coefficient (Wildman–Crippen LogP) is 3.80. The van der Waals surface area contributed by atoms with Crippen LogP contribution in [0.2, 0.25) is 0 Å². The van der Waals surface area contributed by atoms with Crippen molar-refractivity contribution in [3.05, 3.63) is 46.3 Å². The minimum absolute atomic E-state index is 0.879. The standard InChI is InChI=1S/C14H15N3S/c1-2-12-5-6-13(18-12)9-15-11-4-3-10-8-16-17-14(10)7-11/h3-8,15H,2,9H2,1H3,(H,16,17). The van der Waals surface area contributed by atoms with E-state index in [0.29, 0.717) is 0 Å². The summed E-state index contributed by atoms with van der Waals surface area (Å²) in [6.45, 7) is 3.07. The Morgan fingerprint density at radius 1 is 1.22 bits per heavy atom. The predicted molar refractivity (Wildman–Crippen MR) is 77.1 cm³/mol. The largest absolute Gasteiger partial charge is 0.380 e. The molecule has 0 saturated carbocycles. The van der Waals surface area contributed by atoms with Gasteiger partial charge in [0, 0.05) is 27.4 Å². The molecule has 2 heterocycles. The summed E-state index contributed by atoms with van der Waals surface area (Å²) in [4.78, 5) is 2.81. The van der Waals surface area contributed by atoms with E-state index in [2.05, 4.69) is 52.8 Å². The van der Waals surface area contributed by atoms with E-state index in [0.717, 1.165) is 29.6 Å². The van der Waals surface area contributed by atoms with Crippen LogP contribution in [0.4, 0.5) is 5.69 Å². The average molecular weight is 257 g/mol. The Morgan fingerprint density at radius 2 is 2.11 bits per heavy atom. The molecule has 0 saturated heterocycles. The molecule has 0 aliphatic heterocycles. The lowest BCUT2D eigenvalue weighted by atomic mass is 10.2. The highest BCUT2D eigenvalue weighted by Gasteiger charge is 2.00. The van der Waals surface area contributed by atoms with Crippen LogP contribution < -0.4 is 5.32 Å². The summed E-state index contributed by atoms with van der Waals surface area (Å²) in [6, 6.07) is 10.7. The van der Waals surface area contributed by atoms with E-state index in [4.69, 9.17) is 0 Å². The molecule has 0 aliphatic rings. The Morgan fingerprint density at radius 3 is 2.94 bits per heavy atom. The van der Waals surface area contributed by atoms with E-state index in [1.54, 1.807) is 0 Å². The molecule has 0 fully saturated rings. The van der Waals surface area contributed by atoms with Crippen LogP contribution in [0.25, 0.3) is 10.9 Å². The summed E-state index contributed by atoms with van der Waals surface area (Å²) < 4.78 is 0. The molecule has 4 heteroatoms. The lowest BCUT2D eigenvalue weighted by molar-refractivity contribution is 1.12. The summed E-state index contributed by atoms with van der Waals surface area (Å²) in [5.74, 6) is 0.